The van der Waals surface area contributed by atoms with Crippen molar-refractivity contribution in [2.45, 2.75) is 0 Å². The summed E-state index contributed by atoms with van der Waals surface area (Å²) in [7, 11) is 1.50. The van der Waals surface area contributed by atoms with E-state index in [0.717, 1.165) is 9.86 Å². The number of anilines is 1. The van der Waals surface area contributed by atoms with Crippen molar-refractivity contribution in [1.29, 1.82) is 0 Å². The number of benzene rings is 4. The summed E-state index contributed by atoms with van der Waals surface area (Å²) in [4.78, 5) is 30.7. The second-order valence-corrected chi connectivity index (χ2v) is 11.1. The summed E-state index contributed by atoms with van der Waals surface area (Å²) in [6, 6.07) is 27.1. The summed E-state index contributed by atoms with van der Waals surface area (Å²) in [5.41, 5.74) is 2.09. The Labute approximate surface area is 262 Å². The zero-order valence-corrected chi connectivity index (χ0v) is 25.8. The third-order valence-electron chi connectivity index (χ3n) is 6.43. The van der Waals surface area contributed by atoms with Crippen molar-refractivity contribution < 1.29 is 18.7 Å². The van der Waals surface area contributed by atoms with Crippen LogP contribution in [-0.4, -0.2) is 35.5 Å². The minimum atomic E-state index is -0.353. The molecule has 0 saturated carbocycles. The molecule has 6 rings (SSSR count). The Balaban J connectivity index is 1.33. The number of amides is 1. The van der Waals surface area contributed by atoms with Gasteiger partial charge in [-0.05, 0) is 82.2 Å². The number of carbonyl (C=O) groups excluding carboxylic acids is 1. The SMILES string of the molecule is COc1cc(C=Nn2c(-c3cc4cc(Br)ccc4o3)nc3ccccc3c2=O)cc(Br)c1OCC(=O)Nc1ccccc1. The number of carbonyl (C=O) groups is 1. The number of aromatic nitrogens is 2. The van der Waals surface area contributed by atoms with Gasteiger partial charge in [-0.15, -0.1) is 0 Å². The molecule has 2 heterocycles. The zero-order valence-electron chi connectivity index (χ0n) is 22.6. The van der Waals surface area contributed by atoms with E-state index >= 15 is 0 Å². The van der Waals surface area contributed by atoms with Crippen LogP contribution in [0.1, 0.15) is 5.56 Å². The maximum Gasteiger partial charge on any atom is 0.282 e. The molecular weight excluding hydrogens is 680 g/mol. The van der Waals surface area contributed by atoms with Crippen LogP contribution in [0.25, 0.3) is 33.5 Å². The van der Waals surface area contributed by atoms with E-state index in [1.165, 1.54) is 18.0 Å². The van der Waals surface area contributed by atoms with Gasteiger partial charge in [0.2, 0.25) is 5.82 Å². The van der Waals surface area contributed by atoms with Crippen LogP contribution in [0, 0.1) is 0 Å². The minimum absolute atomic E-state index is 0.229. The number of rotatable bonds is 8. The van der Waals surface area contributed by atoms with Crippen molar-refractivity contribution >= 4 is 71.5 Å². The Bertz CT molecular complexity index is 2070. The lowest BCUT2D eigenvalue weighted by Gasteiger charge is -2.13. The summed E-state index contributed by atoms with van der Waals surface area (Å²) in [6.07, 6.45) is 1.51. The Morgan fingerprint density at radius 3 is 2.63 bits per heavy atom. The lowest BCUT2D eigenvalue weighted by molar-refractivity contribution is -0.118. The van der Waals surface area contributed by atoms with Gasteiger partial charge in [0.1, 0.15) is 5.58 Å². The van der Waals surface area contributed by atoms with Crippen LogP contribution in [0.4, 0.5) is 5.69 Å². The highest BCUT2D eigenvalue weighted by molar-refractivity contribution is 9.10. The molecule has 0 radical (unpaired) electrons. The van der Waals surface area contributed by atoms with E-state index < -0.39 is 0 Å². The van der Waals surface area contributed by atoms with Crippen LogP contribution in [0.3, 0.4) is 0 Å². The molecule has 9 nitrogen and oxygen atoms in total. The fraction of sp³-hybridized carbons (Fsp3) is 0.0625. The monoisotopic (exact) mass is 700 g/mol. The van der Waals surface area contributed by atoms with Crippen molar-refractivity contribution in [2.24, 2.45) is 5.10 Å². The topological polar surface area (TPSA) is 108 Å². The number of furan rings is 1. The van der Waals surface area contributed by atoms with E-state index in [1.54, 1.807) is 42.5 Å². The lowest BCUT2D eigenvalue weighted by Crippen LogP contribution is -2.20. The second-order valence-electron chi connectivity index (χ2n) is 9.34. The number of nitrogens with zero attached hydrogens (tertiary/aromatic N) is 3. The first-order valence-electron chi connectivity index (χ1n) is 13.0. The molecule has 0 atom stereocenters. The van der Waals surface area contributed by atoms with Crippen LogP contribution < -0.4 is 20.3 Å². The highest BCUT2D eigenvalue weighted by Gasteiger charge is 2.18. The van der Waals surface area contributed by atoms with Crippen LogP contribution in [0.15, 0.2) is 114 Å². The van der Waals surface area contributed by atoms with E-state index in [1.807, 2.05) is 48.5 Å². The molecule has 0 saturated heterocycles. The fourth-order valence-corrected chi connectivity index (χ4v) is 5.40. The molecule has 2 aromatic heterocycles. The van der Waals surface area contributed by atoms with E-state index in [9.17, 15) is 9.59 Å². The molecule has 0 unspecified atom stereocenters. The number of methoxy groups -OCH3 is 1. The fourth-order valence-electron chi connectivity index (χ4n) is 4.45. The minimum Gasteiger partial charge on any atom is -0.493 e. The van der Waals surface area contributed by atoms with E-state index in [4.69, 9.17) is 18.9 Å². The molecule has 0 spiro atoms. The summed E-state index contributed by atoms with van der Waals surface area (Å²) in [5, 5.41) is 8.57. The maximum atomic E-state index is 13.6. The van der Waals surface area contributed by atoms with Gasteiger partial charge >= 0.3 is 0 Å². The quantitative estimate of drug-likeness (QED) is 0.168. The van der Waals surface area contributed by atoms with Gasteiger partial charge in [0.05, 0.1) is 28.7 Å². The smallest absolute Gasteiger partial charge is 0.282 e. The molecule has 43 heavy (non-hydrogen) atoms. The zero-order chi connectivity index (χ0) is 29.9. The number of para-hydroxylation sites is 2. The molecule has 0 aliphatic rings. The molecule has 0 aliphatic heterocycles. The van der Waals surface area contributed by atoms with Gasteiger partial charge in [-0.1, -0.05) is 46.3 Å². The predicted molar refractivity (Wildman–Crippen MR) is 173 cm³/mol. The molecule has 0 bridgehead atoms. The van der Waals surface area contributed by atoms with Crippen LogP contribution in [0.2, 0.25) is 0 Å². The number of hydrogen-bond donors (Lipinski definition) is 1. The van der Waals surface area contributed by atoms with E-state index in [-0.39, 0.29) is 23.9 Å². The van der Waals surface area contributed by atoms with Gasteiger partial charge in [0, 0.05) is 15.5 Å². The van der Waals surface area contributed by atoms with Gasteiger partial charge in [0.25, 0.3) is 11.5 Å². The van der Waals surface area contributed by atoms with Gasteiger partial charge in [-0.2, -0.15) is 9.78 Å². The largest absolute Gasteiger partial charge is 0.493 e. The Morgan fingerprint density at radius 1 is 1.02 bits per heavy atom. The van der Waals surface area contributed by atoms with Crippen molar-refractivity contribution in [3.8, 4) is 23.1 Å². The van der Waals surface area contributed by atoms with Crippen molar-refractivity contribution in [1.82, 2.24) is 9.66 Å². The first-order chi connectivity index (χ1) is 20.9. The molecule has 214 valence electrons. The molecule has 6 aromatic rings. The standard InChI is InChI=1S/C32H22Br2N4O5/c1-41-27-14-19(13-24(34)30(27)42-18-29(39)36-22-7-3-2-4-8-22)17-35-38-31(37-25-10-6-5-9-23(25)32(38)40)28-16-20-15-21(33)11-12-26(20)43-28/h2-17H,18H2,1H3,(H,36,39). The molecule has 1 N–H and O–H groups in total. The number of hydrogen-bond acceptors (Lipinski definition) is 7. The van der Waals surface area contributed by atoms with Crippen molar-refractivity contribution in [2.75, 3.05) is 19.0 Å². The first kappa shape index (κ1) is 28.4. The predicted octanol–water partition coefficient (Wildman–Crippen LogP) is 7.24. The van der Waals surface area contributed by atoms with E-state index in [0.29, 0.717) is 49.5 Å². The Kier molecular flexibility index (Phi) is 8.08. The Morgan fingerprint density at radius 2 is 1.81 bits per heavy atom. The highest BCUT2D eigenvalue weighted by Crippen LogP contribution is 2.36. The third kappa shape index (κ3) is 6.08. The summed E-state index contributed by atoms with van der Waals surface area (Å²) in [6.45, 7) is -0.229. The first-order valence-corrected chi connectivity index (χ1v) is 14.6. The van der Waals surface area contributed by atoms with Gasteiger partial charge < -0.3 is 19.2 Å². The number of fused-ring (bicyclic) bond motifs is 2. The molecule has 4 aromatic carbocycles. The normalized spacial score (nSPS) is 11.3. The number of nitrogens with one attached hydrogen (secondary N) is 1. The van der Waals surface area contributed by atoms with Gasteiger partial charge in [0.15, 0.2) is 23.9 Å². The summed E-state index contributed by atoms with van der Waals surface area (Å²) in [5.74, 6) is 1.04. The number of halogens is 2. The third-order valence-corrected chi connectivity index (χ3v) is 7.51. The van der Waals surface area contributed by atoms with Gasteiger partial charge in [-0.25, -0.2) is 4.98 Å². The molecule has 1 amide bonds. The van der Waals surface area contributed by atoms with Crippen molar-refractivity contribution in [3.05, 3.63) is 116 Å². The lowest BCUT2D eigenvalue weighted by atomic mass is 10.2. The van der Waals surface area contributed by atoms with Crippen LogP contribution in [0.5, 0.6) is 11.5 Å². The molecular formula is C32H22Br2N4O5. The maximum absolute atomic E-state index is 13.6. The summed E-state index contributed by atoms with van der Waals surface area (Å²) < 4.78 is 20.0. The van der Waals surface area contributed by atoms with E-state index in [2.05, 4.69) is 42.3 Å². The van der Waals surface area contributed by atoms with Crippen LogP contribution in [-0.2, 0) is 4.79 Å². The highest BCUT2D eigenvalue weighted by atomic mass is 79.9. The van der Waals surface area contributed by atoms with Crippen molar-refractivity contribution in [3.63, 3.8) is 0 Å². The van der Waals surface area contributed by atoms with Crippen LogP contribution >= 0.6 is 31.9 Å². The Hall–Kier alpha value is -4.74. The average Bonchev–Trinajstić information content (AvgIpc) is 3.43. The molecule has 0 aliphatic carbocycles. The molecule has 11 heteroatoms. The average molecular weight is 702 g/mol. The summed E-state index contributed by atoms with van der Waals surface area (Å²) >= 11 is 6.99. The van der Waals surface area contributed by atoms with Gasteiger partial charge in [-0.3, -0.25) is 9.59 Å². The second kappa shape index (κ2) is 12.2. The number of ether oxygens (including phenoxy) is 2. The molecule has 0 fully saturated rings.